The fourth-order valence-corrected chi connectivity index (χ4v) is 3.57. The number of esters is 1. The monoisotopic (exact) mass is 443 g/mol. The van der Waals surface area contributed by atoms with E-state index in [0.717, 1.165) is 18.8 Å². The van der Waals surface area contributed by atoms with Gasteiger partial charge in [-0.05, 0) is 62.6 Å². The van der Waals surface area contributed by atoms with E-state index in [0.29, 0.717) is 5.69 Å². The van der Waals surface area contributed by atoms with E-state index in [1.807, 2.05) is 24.3 Å². The van der Waals surface area contributed by atoms with Crippen molar-refractivity contribution in [1.82, 2.24) is 5.32 Å². The zero-order chi connectivity index (χ0) is 22.2. The summed E-state index contributed by atoms with van der Waals surface area (Å²) >= 11 is 5.98. The number of nitrogens with one attached hydrogen (secondary N) is 2. The van der Waals surface area contributed by atoms with Crippen LogP contribution in [0.4, 0.5) is 11.4 Å². The molecule has 0 spiro atoms. The predicted octanol–water partition coefficient (Wildman–Crippen LogP) is 3.63. The molecule has 164 valence electrons. The molecule has 1 saturated heterocycles. The fraction of sp³-hybridized carbons (Fsp3) is 0.348. The molecule has 1 fully saturated rings. The Kier molecular flexibility index (Phi) is 7.89. The summed E-state index contributed by atoms with van der Waals surface area (Å²) in [5.74, 6) is -1.66. The van der Waals surface area contributed by atoms with Crippen molar-refractivity contribution in [1.29, 1.82) is 0 Å². The molecule has 31 heavy (non-hydrogen) atoms. The Morgan fingerprint density at radius 1 is 1.03 bits per heavy atom. The lowest BCUT2D eigenvalue weighted by Gasteiger charge is -2.28. The second-order valence-corrected chi connectivity index (χ2v) is 7.83. The van der Waals surface area contributed by atoms with Gasteiger partial charge in [-0.15, -0.1) is 0 Å². The lowest BCUT2D eigenvalue weighted by atomic mass is 10.1. The molecule has 0 radical (unpaired) electrons. The molecule has 0 bridgehead atoms. The third kappa shape index (κ3) is 6.46. The number of hydrogen-bond donors (Lipinski definition) is 2. The van der Waals surface area contributed by atoms with Crippen LogP contribution in [0.2, 0.25) is 5.02 Å². The van der Waals surface area contributed by atoms with Crippen LogP contribution in [-0.2, 0) is 14.3 Å². The van der Waals surface area contributed by atoms with Crippen LogP contribution in [0.5, 0.6) is 0 Å². The van der Waals surface area contributed by atoms with Crippen molar-refractivity contribution < 1.29 is 19.1 Å². The summed E-state index contributed by atoms with van der Waals surface area (Å²) in [6, 6.07) is 13.2. The Morgan fingerprint density at radius 2 is 1.71 bits per heavy atom. The summed E-state index contributed by atoms with van der Waals surface area (Å²) in [4.78, 5) is 38.8. The number of nitrogens with zero attached hydrogens (tertiary/aromatic N) is 1. The summed E-state index contributed by atoms with van der Waals surface area (Å²) in [5.41, 5.74) is 2.02. The van der Waals surface area contributed by atoms with E-state index in [1.165, 1.54) is 26.2 Å². The smallest absolute Gasteiger partial charge is 0.328 e. The highest BCUT2D eigenvalue weighted by Crippen LogP contribution is 2.21. The van der Waals surface area contributed by atoms with Gasteiger partial charge in [0, 0.05) is 24.5 Å². The molecule has 2 amide bonds. The second-order valence-electron chi connectivity index (χ2n) is 7.43. The van der Waals surface area contributed by atoms with Gasteiger partial charge in [-0.25, -0.2) is 4.79 Å². The Hall–Kier alpha value is -3.06. The van der Waals surface area contributed by atoms with Crippen molar-refractivity contribution in [2.75, 3.05) is 29.9 Å². The molecule has 1 aliphatic heterocycles. The number of carbonyl (C=O) groups is 3. The minimum atomic E-state index is -0.930. The quantitative estimate of drug-likeness (QED) is 0.638. The largest absolute Gasteiger partial charge is 0.454 e. The van der Waals surface area contributed by atoms with Crippen molar-refractivity contribution in [2.24, 2.45) is 0 Å². The zero-order valence-electron chi connectivity index (χ0n) is 17.4. The molecule has 1 aliphatic rings. The van der Waals surface area contributed by atoms with E-state index in [4.69, 9.17) is 16.3 Å². The van der Waals surface area contributed by atoms with Gasteiger partial charge in [0.15, 0.2) is 6.61 Å². The number of piperidine rings is 1. The number of anilines is 2. The molecule has 1 heterocycles. The van der Waals surface area contributed by atoms with Gasteiger partial charge in [0.05, 0.1) is 10.6 Å². The Labute approximate surface area is 186 Å². The second kappa shape index (κ2) is 10.8. The predicted molar refractivity (Wildman–Crippen MR) is 120 cm³/mol. The molecule has 0 aromatic heterocycles. The van der Waals surface area contributed by atoms with Crippen LogP contribution < -0.4 is 15.5 Å². The number of ether oxygens (including phenoxy) is 1. The van der Waals surface area contributed by atoms with Crippen LogP contribution in [0.1, 0.15) is 36.5 Å². The molecular weight excluding hydrogens is 418 g/mol. The summed E-state index contributed by atoms with van der Waals surface area (Å²) in [6.07, 6.45) is 3.66. The first-order valence-electron chi connectivity index (χ1n) is 10.3. The average Bonchev–Trinajstić information content (AvgIpc) is 2.78. The topological polar surface area (TPSA) is 87.7 Å². The van der Waals surface area contributed by atoms with E-state index < -0.39 is 30.4 Å². The van der Waals surface area contributed by atoms with E-state index in [1.54, 1.807) is 24.3 Å². The minimum Gasteiger partial charge on any atom is -0.454 e. The molecule has 2 N–H and O–H groups in total. The van der Waals surface area contributed by atoms with Crippen LogP contribution >= 0.6 is 11.6 Å². The first-order chi connectivity index (χ1) is 14.9. The van der Waals surface area contributed by atoms with E-state index in [9.17, 15) is 14.4 Å². The highest BCUT2D eigenvalue weighted by Gasteiger charge is 2.20. The summed E-state index contributed by atoms with van der Waals surface area (Å²) < 4.78 is 5.02. The number of amides is 2. The van der Waals surface area contributed by atoms with Crippen molar-refractivity contribution >= 4 is 40.8 Å². The van der Waals surface area contributed by atoms with Crippen molar-refractivity contribution in [3.05, 3.63) is 59.1 Å². The van der Waals surface area contributed by atoms with Gasteiger partial charge < -0.3 is 20.3 Å². The van der Waals surface area contributed by atoms with Crippen LogP contribution in [0.15, 0.2) is 48.5 Å². The zero-order valence-corrected chi connectivity index (χ0v) is 18.2. The Morgan fingerprint density at radius 3 is 2.39 bits per heavy atom. The van der Waals surface area contributed by atoms with Gasteiger partial charge in [-0.1, -0.05) is 23.7 Å². The Balaban J connectivity index is 1.43. The van der Waals surface area contributed by atoms with E-state index in [2.05, 4.69) is 15.5 Å². The third-order valence-corrected chi connectivity index (χ3v) is 5.37. The highest BCUT2D eigenvalue weighted by molar-refractivity contribution is 6.33. The maximum Gasteiger partial charge on any atom is 0.328 e. The number of benzene rings is 2. The van der Waals surface area contributed by atoms with E-state index >= 15 is 0 Å². The molecule has 0 aliphatic carbocycles. The van der Waals surface area contributed by atoms with Gasteiger partial charge in [0.25, 0.3) is 11.8 Å². The minimum absolute atomic E-state index is 0.259. The fourth-order valence-electron chi connectivity index (χ4n) is 3.35. The molecule has 1 atom stereocenters. The standard InChI is InChI=1S/C23H26ClN3O4/c1-16(25-22(29)19-7-3-4-8-20(19)24)23(30)31-15-21(28)26-17-9-11-18(12-10-17)27-13-5-2-6-14-27/h3-4,7-12,16H,2,5-6,13-15H2,1H3,(H,25,29)(H,26,28). The maximum atomic E-state index is 12.2. The molecule has 8 heteroatoms. The summed E-state index contributed by atoms with van der Waals surface area (Å²) in [6.45, 7) is 3.13. The Bertz CT molecular complexity index is 927. The van der Waals surface area contributed by atoms with Gasteiger partial charge in [-0.3, -0.25) is 9.59 Å². The van der Waals surface area contributed by atoms with Gasteiger partial charge in [-0.2, -0.15) is 0 Å². The lowest BCUT2D eigenvalue weighted by molar-refractivity contribution is -0.148. The summed E-state index contributed by atoms with van der Waals surface area (Å²) in [7, 11) is 0. The molecular formula is C23H26ClN3O4. The number of rotatable bonds is 7. The van der Waals surface area contributed by atoms with Gasteiger partial charge in [0.1, 0.15) is 6.04 Å². The first-order valence-corrected chi connectivity index (χ1v) is 10.7. The molecule has 1 unspecified atom stereocenters. The van der Waals surface area contributed by atoms with Crippen LogP contribution in [0, 0.1) is 0 Å². The normalized spacial score (nSPS) is 14.5. The SMILES string of the molecule is CC(NC(=O)c1ccccc1Cl)C(=O)OCC(=O)Nc1ccc(N2CCCCC2)cc1. The molecule has 0 saturated carbocycles. The van der Waals surface area contributed by atoms with Crippen molar-refractivity contribution in [2.45, 2.75) is 32.2 Å². The van der Waals surface area contributed by atoms with Crippen LogP contribution in [0.3, 0.4) is 0 Å². The number of halogens is 1. The average molecular weight is 444 g/mol. The van der Waals surface area contributed by atoms with Gasteiger partial charge >= 0.3 is 5.97 Å². The van der Waals surface area contributed by atoms with Gasteiger partial charge in [0.2, 0.25) is 0 Å². The molecule has 7 nitrogen and oxygen atoms in total. The van der Waals surface area contributed by atoms with E-state index in [-0.39, 0.29) is 10.6 Å². The first kappa shape index (κ1) is 22.6. The highest BCUT2D eigenvalue weighted by atomic mass is 35.5. The summed E-state index contributed by atoms with van der Waals surface area (Å²) in [5, 5.41) is 5.50. The third-order valence-electron chi connectivity index (χ3n) is 5.04. The van der Waals surface area contributed by atoms with Crippen molar-refractivity contribution in [3.63, 3.8) is 0 Å². The number of carbonyl (C=O) groups excluding carboxylic acids is 3. The van der Waals surface area contributed by atoms with Crippen LogP contribution in [0.25, 0.3) is 0 Å². The lowest BCUT2D eigenvalue weighted by Crippen LogP contribution is -2.40. The maximum absolute atomic E-state index is 12.2. The molecule has 2 aromatic carbocycles. The van der Waals surface area contributed by atoms with Crippen LogP contribution in [-0.4, -0.2) is 43.5 Å². The molecule has 3 rings (SSSR count). The number of hydrogen-bond acceptors (Lipinski definition) is 5. The van der Waals surface area contributed by atoms with Crippen molar-refractivity contribution in [3.8, 4) is 0 Å². The molecule has 2 aromatic rings.